The van der Waals surface area contributed by atoms with Crippen LogP contribution in [0.3, 0.4) is 0 Å². The molecular formula is C7H6ClF2NO2. The third-order valence-corrected chi connectivity index (χ3v) is 1.80. The number of rotatable bonds is 2. The van der Waals surface area contributed by atoms with Crippen LogP contribution in [-0.2, 0) is 5.88 Å². The van der Waals surface area contributed by atoms with Gasteiger partial charge < -0.3 is 5.11 Å². The SMILES string of the molecule is O=c1[nH]c(O)c(CCl)cc1C(F)F. The number of pyridine rings is 1. The molecule has 1 aromatic rings. The molecule has 2 N–H and O–H groups in total. The molecule has 0 saturated heterocycles. The lowest BCUT2D eigenvalue weighted by Crippen LogP contribution is -2.13. The summed E-state index contributed by atoms with van der Waals surface area (Å²) in [5.41, 5.74) is -1.61. The summed E-state index contributed by atoms with van der Waals surface area (Å²) in [4.78, 5) is 12.7. The van der Waals surface area contributed by atoms with Crippen molar-refractivity contribution in [2.75, 3.05) is 0 Å². The summed E-state index contributed by atoms with van der Waals surface area (Å²) in [5, 5.41) is 9.01. The molecule has 1 heterocycles. The number of hydrogen-bond acceptors (Lipinski definition) is 2. The second-order valence-corrected chi connectivity index (χ2v) is 2.63. The van der Waals surface area contributed by atoms with Crippen LogP contribution in [-0.4, -0.2) is 10.1 Å². The van der Waals surface area contributed by atoms with Gasteiger partial charge in [-0.25, -0.2) is 8.78 Å². The summed E-state index contributed by atoms with van der Waals surface area (Å²) in [6.45, 7) is 0. The monoisotopic (exact) mass is 209 g/mol. The summed E-state index contributed by atoms with van der Waals surface area (Å²) in [7, 11) is 0. The number of aromatic hydroxyl groups is 1. The molecule has 0 amide bonds. The molecule has 72 valence electrons. The van der Waals surface area contributed by atoms with Crippen molar-refractivity contribution in [1.82, 2.24) is 4.98 Å². The van der Waals surface area contributed by atoms with Gasteiger partial charge in [-0.05, 0) is 6.07 Å². The molecule has 0 unspecified atom stereocenters. The minimum absolute atomic E-state index is 0.0802. The molecule has 6 heteroatoms. The molecule has 0 fully saturated rings. The number of H-pyrrole nitrogens is 1. The third-order valence-electron chi connectivity index (χ3n) is 1.51. The maximum Gasteiger partial charge on any atom is 0.269 e. The van der Waals surface area contributed by atoms with Crippen molar-refractivity contribution in [2.24, 2.45) is 0 Å². The molecule has 0 spiro atoms. The Morgan fingerprint density at radius 1 is 1.62 bits per heavy atom. The van der Waals surface area contributed by atoms with Gasteiger partial charge in [-0.1, -0.05) is 0 Å². The van der Waals surface area contributed by atoms with E-state index in [4.69, 9.17) is 16.7 Å². The highest BCUT2D eigenvalue weighted by molar-refractivity contribution is 6.17. The van der Waals surface area contributed by atoms with Crippen LogP contribution < -0.4 is 5.56 Å². The van der Waals surface area contributed by atoms with Gasteiger partial charge in [-0.2, -0.15) is 0 Å². The highest BCUT2D eigenvalue weighted by atomic mass is 35.5. The Morgan fingerprint density at radius 2 is 2.23 bits per heavy atom. The maximum absolute atomic E-state index is 12.1. The fourth-order valence-electron chi connectivity index (χ4n) is 0.846. The van der Waals surface area contributed by atoms with Gasteiger partial charge in [0.2, 0.25) is 0 Å². The smallest absolute Gasteiger partial charge is 0.269 e. The molecule has 1 aromatic heterocycles. The van der Waals surface area contributed by atoms with Crippen LogP contribution in [0.2, 0.25) is 0 Å². The lowest BCUT2D eigenvalue weighted by atomic mass is 10.2. The number of nitrogens with one attached hydrogen (secondary N) is 1. The van der Waals surface area contributed by atoms with Gasteiger partial charge >= 0.3 is 0 Å². The van der Waals surface area contributed by atoms with Crippen LogP contribution in [0.1, 0.15) is 17.6 Å². The van der Waals surface area contributed by atoms with E-state index in [-0.39, 0.29) is 11.4 Å². The molecule has 0 bridgehead atoms. The molecule has 13 heavy (non-hydrogen) atoms. The zero-order valence-electron chi connectivity index (χ0n) is 6.35. The average molecular weight is 210 g/mol. The molecule has 0 radical (unpaired) electrons. The molecule has 0 aliphatic rings. The summed E-state index contributed by atoms with van der Waals surface area (Å²) >= 11 is 5.33. The number of hydrogen-bond donors (Lipinski definition) is 2. The lowest BCUT2D eigenvalue weighted by Gasteiger charge is -2.03. The Kier molecular flexibility index (Phi) is 2.87. The average Bonchev–Trinajstić information content (AvgIpc) is 2.03. The highest BCUT2D eigenvalue weighted by Gasteiger charge is 2.14. The van der Waals surface area contributed by atoms with Gasteiger partial charge in [0.1, 0.15) is 0 Å². The van der Waals surface area contributed by atoms with Crippen molar-refractivity contribution in [2.45, 2.75) is 12.3 Å². The van der Waals surface area contributed by atoms with E-state index in [9.17, 15) is 13.6 Å². The van der Waals surface area contributed by atoms with Crippen molar-refractivity contribution >= 4 is 11.6 Å². The van der Waals surface area contributed by atoms with E-state index >= 15 is 0 Å². The Morgan fingerprint density at radius 3 is 2.69 bits per heavy atom. The largest absolute Gasteiger partial charge is 0.494 e. The highest BCUT2D eigenvalue weighted by Crippen LogP contribution is 2.20. The summed E-state index contributed by atoms with van der Waals surface area (Å²) in [6.07, 6.45) is -2.87. The van der Waals surface area contributed by atoms with E-state index in [1.807, 2.05) is 4.98 Å². The molecule has 0 aromatic carbocycles. The van der Waals surface area contributed by atoms with Crippen molar-refractivity contribution in [3.05, 3.63) is 27.5 Å². The topological polar surface area (TPSA) is 53.1 Å². The molecule has 0 atom stereocenters. The Bertz CT molecular complexity index is 364. The quantitative estimate of drug-likeness (QED) is 0.730. The Labute approximate surface area is 77.0 Å². The van der Waals surface area contributed by atoms with E-state index in [0.29, 0.717) is 0 Å². The van der Waals surface area contributed by atoms with Crippen LogP contribution in [0.25, 0.3) is 0 Å². The first kappa shape index (κ1) is 9.98. The fourth-order valence-corrected chi connectivity index (χ4v) is 1.05. The van der Waals surface area contributed by atoms with E-state index in [1.165, 1.54) is 0 Å². The van der Waals surface area contributed by atoms with E-state index in [1.54, 1.807) is 0 Å². The fraction of sp³-hybridized carbons (Fsp3) is 0.286. The van der Waals surface area contributed by atoms with Crippen LogP contribution >= 0.6 is 11.6 Å². The zero-order chi connectivity index (χ0) is 10.0. The van der Waals surface area contributed by atoms with Gasteiger partial charge in [-0.15, -0.1) is 11.6 Å². The number of halogens is 3. The van der Waals surface area contributed by atoms with E-state index in [0.717, 1.165) is 6.07 Å². The van der Waals surface area contributed by atoms with Crippen molar-refractivity contribution in [3.8, 4) is 5.88 Å². The normalized spacial score (nSPS) is 10.8. The number of alkyl halides is 3. The minimum Gasteiger partial charge on any atom is -0.494 e. The first-order valence-corrected chi connectivity index (χ1v) is 3.89. The van der Waals surface area contributed by atoms with Crippen molar-refractivity contribution in [3.63, 3.8) is 0 Å². The van der Waals surface area contributed by atoms with Gasteiger partial charge in [0, 0.05) is 5.56 Å². The van der Waals surface area contributed by atoms with Gasteiger partial charge in [0.15, 0.2) is 5.88 Å². The lowest BCUT2D eigenvalue weighted by molar-refractivity contribution is 0.149. The van der Waals surface area contributed by atoms with Crippen LogP contribution in [0.5, 0.6) is 5.88 Å². The van der Waals surface area contributed by atoms with Crippen molar-refractivity contribution in [1.29, 1.82) is 0 Å². The van der Waals surface area contributed by atoms with Gasteiger partial charge in [-0.3, -0.25) is 9.78 Å². The number of aromatic nitrogens is 1. The first-order valence-electron chi connectivity index (χ1n) is 3.35. The molecule has 1 rings (SSSR count). The van der Waals surface area contributed by atoms with Crippen LogP contribution in [0, 0.1) is 0 Å². The Balaban J connectivity index is 3.31. The number of aromatic amines is 1. The Hall–Kier alpha value is -1.10. The minimum atomic E-state index is -2.87. The molecule has 0 saturated carbocycles. The van der Waals surface area contributed by atoms with Gasteiger partial charge in [0.25, 0.3) is 12.0 Å². The van der Waals surface area contributed by atoms with Crippen LogP contribution in [0.4, 0.5) is 8.78 Å². The van der Waals surface area contributed by atoms with Gasteiger partial charge in [0.05, 0.1) is 11.4 Å². The molecular weight excluding hydrogens is 204 g/mol. The van der Waals surface area contributed by atoms with Crippen molar-refractivity contribution < 1.29 is 13.9 Å². The second-order valence-electron chi connectivity index (χ2n) is 2.36. The maximum atomic E-state index is 12.1. The predicted octanol–water partition coefficient (Wildman–Crippen LogP) is 1.76. The standard InChI is InChI=1S/C7H6ClF2NO2/c8-2-3-1-4(5(9)10)7(13)11-6(3)12/h1,5H,2H2,(H2,11,12,13). The molecule has 0 aliphatic carbocycles. The molecule has 0 aliphatic heterocycles. The third kappa shape index (κ3) is 1.98. The summed E-state index contributed by atoms with van der Waals surface area (Å²) < 4.78 is 24.3. The zero-order valence-corrected chi connectivity index (χ0v) is 7.11. The predicted molar refractivity (Wildman–Crippen MR) is 43.2 cm³/mol. The van der Waals surface area contributed by atoms with E-state index in [2.05, 4.69) is 0 Å². The van der Waals surface area contributed by atoms with Crippen LogP contribution in [0.15, 0.2) is 10.9 Å². The second kappa shape index (κ2) is 3.74. The first-order chi connectivity index (χ1) is 6.06. The molecule has 3 nitrogen and oxygen atoms in total. The summed E-state index contributed by atoms with van der Waals surface area (Å²) in [5.74, 6) is -0.605. The summed E-state index contributed by atoms with van der Waals surface area (Å²) in [6, 6.07) is 0.895. The van der Waals surface area contributed by atoms with E-state index < -0.39 is 23.4 Å².